The van der Waals surface area contributed by atoms with Crippen LogP contribution in [0, 0.1) is 18.8 Å². The summed E-state index contributed by atoms with van der Waals surface area (Å²) in [6.45, 7) is 2.35. The number of methoxy groups -OCH3 is 1. The van der Waals surface area contributed by atoms with Gasteiger partial charge >= 0.3 is 18.3 Å². The number of rotatable bonds is 8. The molecular formula is C32H37ClF6N6O2. The predicted octanol–water partition coefficient (Wildman–Crippen LogP) is 7.93. The van der Waals surface area contributed by atoms with Crippen LogP contribution in [0.2, 0.25) is 5.02 Å². The van der Waals surface area contributed by atoms with Crippen LogP contribution in [-0.4, -0.2) is 46.4 Å². The van der Waals surface area contributed by atoms with Gasteiger partial charge in [-0.05, 0) is 103 Å². The van der Waals surface area contributed by atoms with E-state index in [1.165, 1.54) is 37.0 Å². The fraction of sp³-hybridized carbons (Fsp3) is 0.562. The number of hydrogen-bond donors (Lipinski definition) is 0. The van der Waals surface area contributed by atoms with Gasteiger partial charge in [-0.1, -0.05) is 22.8 Å². The minimum Gasteiger partial charge on any atom is -0.469 e. The molecule has 1 aromatic heterocycles. The van der Waals surface area contributed by atoms with Crippen LogP contribution in [-0.2, 0) is 35.5 Å². The van der Waals surface area contributed by atoms with E-state index in [0.29, 0.717) is 43.6 Å². The molecule has 1 unspecified atom stereocenters. The van der Waals surface area contributed by atoms with Crippen LogP contribution >= 0.6 is 11.6 Å². The zero-order valence-electron chi connectivity index (χ0n) is 26.3. The first-order chi connectivity index (χ1) is 22.1. The van der Waals surface area contributed by atoms with Crippen molar-refractivity contribution in [1.29, 1.82) is 0 Å². The van der Waals surface area contributed by atoms with Crippen molar-refractivity contribution in [1.82, 2.24) is 20.2 Å². The summed E-state index contributed by atoms with van der Waals surface area (Å²) in [6, 6.07) is 5.45. The highest BCUT2D eigenvalue weighted by Gasteiger charge is 2.38. The quantitative estimate of drug-likeness (QED) is 0.176. The van der Waals surface area contributed by atoms with Crippen LogP contribution in [0.15, 0.2) is 30.3 Å². The molecule has 2 heterocycles. The van der Waals surface area contributed by atoms with Crippen molar-refractivity contribution in [3.8, 4) is 0 Å². The average Bonchev–Trinajstić information content (AvgIpc) is 3.35. The molecule has 8 nitrogen and oxygen atoms in total. The molecule has 0 spiro atoms. The largest absolute Gasteiger partial charge is 0.469 e. The minimum absolute atomic E-state index is 0.0422. The highest BCUT2D eigenvalue weighted by molar-refractivity contribution is 6.30. The monoisotopic (exact) mass is 686 g/mol. The lowest BCUT2D eigenvalue weighted by atomic mass is 9.80. The summed E-state index contributed by atoms with van der Waals surface area (Å²) in [5.41, 5.74) is -0.326. The number of fused-ring (bicyclic) bond motifs is 1. The van der Waals surface area contributed by atoms with Crippen molar-refractivity contribution in [2.45, 2.75) is 76.8 Å². The van der Waals surface area contributed by atoms with E-state index < -0.39 is 29.5 Å². The molecule has 256 valence electrons. The Morgan fingerprint density at radius 1 is 1.00 bits per heavy atom. The summed E-state index contributed by atoms with van der Waals surface area (Å²) < 4.78 is 88.7. The Balaban J connectivity index is 1.53. The van der Waals surface area contributed by atoms with Gasteiger partial charge in [-0.15, -0.1) is 5.10 Å². The molecule has 5 rings (SSSR count). The number of anilines is 2. The van der Waals surface area contributed by atoms with Gasteiger partial charge in [0.1, 0.15) is 0 Å². The van der Waals surface area contributed by atoms with Gasteiger partial charge in [0.15, 0.2) is 0 Å². The van der Waals surface area contributed by atoms with Gasteiger partial charge in [0.2, 0.25) is 0 Å². The first-order valence-electron chi connectivity index (χ1n) is 15.5. The van der Waals surface area contributed by atoms with Gasteiger partial charge in [-0.3, -0.25) is 4.79 Å². The Morgan fingerprint density at radius 3 is 2.32 bits per heavy atom. The lowest BCUT2D eigenvalue weighted by Crippen LogP contribution is -2.33. The summed E-state index contributed by atoms with van der Waals surface area (Å²) in [5, 5.41) is 12.3. The van der Waals surface area contributed by atoms with Gasteiger partial charge in [0, 0.05) is 36.8 Å². The molecule has 0 N–H and O–H groups in total. The van der Waals surface area contributed by atoms with Crippen molar-refractivity contribution in [2.75, 3.05) is 30.0 Å². The van der Waals surface area contributed by atoms with Crippen molar-refractivity contribution in [2.24, 2.45) is 18.9 Å². The number of nitrogens with zero attached hydrogens (tertiary/aromatic N) is 6. The topological polar surface area (TPSA) is 76.4 Å². The zero-order valence-corrected chi connectivity index (χ0v) is 27.1. The van der Waals surface area contributed by atoms with E-state index in [2.05, 4.69) is 15.4 Å². The number of aromatic nitrogens is 4. The lowest BCUT2D eigenvalue weighted by molar-refractivity contribution is -0.142. The third-order valence-corrected chi connectivity index (χ3v) is 9.40. The fourth-order valence-electron chi connectivity index (χ4n) is 6.89. The molecule has 3 aromatic rings. The molecule has 47 heavy (non-hydrogen) atoms. The second-order valence-corrected chi connectivity index (χ2v) is 13.0. The van der Waals surface area contributed by atoms with Gasteiger partial charge in [0.05, 0.1) is 31.3 Å². The molecule has 0 radical (unpaired) electrons. The van der Waals surface area contributed by atoms with E-state index in [4.69, 9.17) is 16.3 Å². The predicted molar refractivity (Wildman–Crippen MR) is 164 cm³/mol. The third kappa shape index (κ3) is 8.31. The summed E-state index contributed by atoms with van der Waals surface area (Å²) in [7, 11) is 2.92. The maximum atomic E-state index is 14.3. The van der Waals surface area contributed by atoms with Gasteiger partial charge in [-0.25, -0.2) is 0 Å². The summed E-state index contributed by atoms with van der Waals surface area (Å²) in [4.78, 5) is 16.7. The number of carbonyl (C=O) groups is 1. The maximum Gasteiger partial charge on any atom is 0.416 e. The Hall–Kier alpha value is -3.55. The van der Waals surface area contributed by atoms with E-state index in [9.17, 15) is 31.1 Å². The minimum atomic E-state index is -4.63. The SMILES string of the molecule is COC(=O)CC1CCC(CN2CCCC(N(Cc3cc(Cl)cc(C(F)(F)F)c3)c3nnn(C)n3)c3cc(C)c(C(F)(F)F)cc32)CC1. The lowest BCUT2D eigenvalue weighted by Gasteiger charge is -2.35. The number of esters is 1. The number of carbonyl (C=O) groups excluding carboxylic acids is 1. The van der Waals surface area contributed by atoms with Crippen LogP contribution in [0.25, 0.3) is 0 Å². The van der Waals surface area contributed by atoms with Crippen LogP contribution < -0.4 is 9.80 Å². The van der Waals surface area contributed by atoms with Crippen LogP contribution in [0.1, 0.15) is 78.8 Å². The number of halogens is 7. The Kier molecular flexibility index (Phi) is 10.3. The molecular weight excluding hydrogens is 650 g/mol. The normalized spacial score (nSPS) is 20.5. The molecule has 2 aromatic carbocycles. The number of hydrogen-bond acceptors (Lipinski definition) is 7. The van der Waals surface area contributed by atoms with E-state index in [1.807, 2.05) is 4.90 Å². The molecule has 1 aliphatic carbocycles. The molecule has 1 saturated carbocycles. The average molecular weight is 687 g/mol. The second kappa shape index (κ2) is 13.9. The number of tetrazole rings is 1. The van der Waals surface area contributed by atoms with E-state index in [1.54, 1.807) is 11.9 Å². The number of aryl methyl sites for hydroxylation is 2. The Labute approximate surface area is 274 Å². The molecule has 1 aliphatic heterocycles. The summed E-state index contributed by atoms with van der Waals surface area (Å²) in [5.74, 6) is 0.322. The zero-order chi connectivity index (χ0) is 34.1. The smallest absolute Gasteiger partial charge is 0.416 e. The second-order valence-electron chi connectivity index (χ2n) is 12.5. The summed E-state index contributed by atoms with van der Waals surface area (Å²) in [6.07, 6.45) is -4.46. The van der Waals surface area contributed by atoms with E-state index in [-0.39, 0.29) is 46.4 Å². The Bertz CT molecular complexity index is 1570. The van der Waals surface area contributed by atoms with Crippen LogP contribution in [0.4, 0.5) is 38.0 Å². The molecule has 0 bridgehead atoms. The van der Waals surface area contributed by atoms with Gasteiger partial charge in [-0.2, -0.15) is 31.1 Å². The standard InChI is InChI=1S/C32H37ClF6N6O2/c1-19-11-25-27(45(30-40-42-43(2)41-30)18-22-12-23(31(34,35)36)15-24(33)13-22)5-4-10-44(28(25)16-26(19)32(37,38)39)17-21-8-6-20(7-9-21)14-29(46)47-3/h11-13,15-16,20-21,27H,4-10,14,17-18H2,1-3H3. The molecule has 0 amide bonds. The molecule has 1 atom stereocenters. The van der Waals surface area contributed by atoms with Crippen LogP contribution in [0.3, 0.4) is 0 Å². The van der Waals surface area contributed by atoms with Crippen LogP contribution in [0.5, 0.6) is 0 Å². The fourth-order valence-corrected chi connectivity index (χ4v) is 7.15. The Morgan fingerprint density at radius 2 is 1.70 bits per heavy atom. The van der Waals surface area contributed by atoms with E-state index >= 15 is 0 Å². The highest BCUT2D eigenvalue weighted by Crippen LogP contribution is 2.45. The van der Waals surface area contributed by atoms with Crippen molar-refractivity contribution in [3.05, 3.63) is 63.2 Å². The number of alkyl halides is 6. The van der Waals surface area contributed by atoms with Crippen molar-refractivity contribution < 1.29 is 35.9 Å². The highest BCUT2D eigenvalue weighted by atomic mass is 35.5. The van der Waals surface area contributed by atoms with Crippen molar-refractivity contribution in [3.63, 3.8) is 0 Å². The maximum absolute atomic E-state index is 14.3. The van der Waals surface area contributed by atoms with Gasteiger partial charge < -0.3 is 14.5 Å². The van der Waals surface area contributed by atoms with Gasteiger partial charge in [0.25, 0.3) is 5.95 Å². The first-order valence-corrected chi connectivity index (χ1v) is 15.9. The van der Waals surface area contributed by atoms with Crippen molar-refractivity contribution >= 4 is 29.2 Å². The summed E-state index contributed by atoms with van der Waals surface area (Å²) >= 11 is 6.11. The first kappa shape index (κ1) is 34.8. The number of ether oxygens (including phenoxy) is 1. The van der Waals surface area contributed by atoms with E-state index in [0.717, 1.165) is 37.8 Å². The number of benzene rings is 2. The molecule has 1 fully saturated rings. The molecule has 2 aliphatic rings. The molecule has 15 heteroatoms. The molecule has 0 saturated heterocycles. The third-order valence-electron chi connectivity index (χ3n) is 9.18.